The van der Waals surface area contributed by atoms with Crippen LogP contribution in [0.5, 0.6) is 0 Å². The Kier molecular flexibility index (Phi) is 7.03. The second-order valence-corrected chi connectivity index (χ2v) is 8.55. The Balaban J connectivity index is 1.81. The molecule has 1 amide bonds. The Labute approximate surface area is 199 Å². The third kappa shape index (κ3) is 4.75. The molecule has 168 valence electrons. The number of para-hydroxylation sites is 1. The van der Waals surface area contributed by atoms with E-state index in [4.69, 9.17) is 11.6 Å². The maximum absolute atomic E-state index is 13.4. The number of hydrogen-bond acceptors (Lipinski definition) is 4. The molecule has 6 nitrogen and oxygen atoms in total. The van der Waals surface area contributed by atoms with Crippen LogP contribution in [-0.4, -0.2) is 19.7 Å². The van der Waals surface area contributed by atoms with Gasteiger partial charge in [0, 0.05) is 11.6 Å². The average Bonchev–Trinajstić information content (AvgIpc) is 2.83. The summed E-state index contributed by atoms with van der Waals surface area (Å²) in [4.78, 5) is 17.8. The van der Waals surface area contributed by atoms with Gasteiger partial charge in [-0.2, -0.15) is 0 Å². The van der Waals surface area contributed by atoms with Crippen LogP contribution >= 0.6 is 11.6 Å². The number of halogens is 1. The molecular formula is C25H21ClN3O3S-. The van der Waals surface area contributed by atoms with Gasteiger partial charge in [-0.15, -0.1) is 0 Å². The molecule has 8 heteroatoms. The summed E-state index contributed by atoms with van der Waals surface area (Å²) >= 11 is 3.71. The van der Waals surface area contributed by atoms with Crippen LogP contribution in [0, 0.1) is 0 Å². The predicted molar refractivity (Wildman–Crippen MR) is 131 cm³/mol. The number of amides is 1. The third-order valence-electron chi connectivity index (χ3n) is 5.33. The summed E-state index contributed by atoms with van der Waals surface area (Å²) in [6.07, 6.45) is 2.25. The number of anilines is 2. The van der Waals surface area contributed by atoms with E-state index in [2.05, 4.69) is 10.3 Å². The van der Waals surface area contributed by atoms with Crippen LogP contribution < -0.4 is 9.62 Å². The van der Waals surface area contributed by atoms with Gasteiger partial charge in [-0.3, -0.25) is 18.3 Å². The molecule has 0 saturated heterocycles. The number of nitrogens with one attached hydrogen (secondary N) is 1. The van der Waals surface area contributed by atoms with Crippen molar-refractivity contribution in [1.29, 1.82) is 0 Å². The van der Waals surface area contributed by atoms with Crippen molar-refractivity contribution < 1.29 is 13.6 Å². The van der Waals surface area contributed by atoms with Crippen LogP contribution in [-0.2, 0) is 11.3 Å². The average molecular weight is 479 g/mol. The van der Waals surface area contributed by atoms with Gasteiger partial charge in [0.15, 0.2) is 0 Å². The van der Waals surface area contributed by atoms with E-state index in [-0.39, 0.29) is 22.3 Å². The number of fused-ring (bicyclic) bond motifs is 1. The Morgan fingerprint density at radius 1 is 1.03 bits per heavy atom. The minimum atomic E-state index is -2.74. The zero-order valence-electron chi connectivity index (χ0n) is 17.8. The summed E-state index contributed by atoms with van der Waals surface area (Å²) in [5.74, 6) is -0.463. The first kappa shape index (κ1) is 22.9. The molecule has 4 rings (SSSR count). The van der Waals surface area contributed by atoms with E-state index in [1.54, 1.807) is 42.6 Å². The molecule has 0 aliphatic rings. The fourth-order valence-electron chi connectivity index (χ4n) is 3.79. The van der Waals surface area contributed by atoms with Gasteiger partial charge in [0.1, 0.15) is 0 Å². The van der Waals surface area contributed by atoms with E-state index in [0.717, 1.165) is 15.3 Å². The maximum Gasteiger partial charge on any atom is 0.255 e. The first-order valence-electron chi connectivity index (χ1n) is 10.4. The fourth-order valence-corrected chi connectivity index (χ4v) is 4.66. The Morgan fingerprint density at radius 2 is 1.73 bits per heavy atom. The number of hydrogen-bond donors (Lipinski definition) is 1. The molecule has 2 atom stereocenters. The topological polar surface area (TPSA) is 85.4 Å². The van der Waals surface area contributed by atoms with E-state index in [0.29, 0.717) is 17.6 Å². The molecule has 33 heavy (non-hydrogen) atoms. The molecule has 1 heterocycles. The first-order valence-corrected chi connectivity index (χ1v) is 11.8. The van der Waals surface area contributed by atoms with Crippen LogP contribution in [0.3, 0.4) is 0 Å². The number of carbonyl (C=O) groups excluding carboxylic acids is 1. The van der Waals surface area contributed by atoms with Crippen molar-refractivity contribution in [3.63, 3.8) is 0 Å². The second-order valence-electron chi connectivity index (χ2n) is 7.34. The Hall–Kier alpha value is -3.26. The largest absolute Gasteiger partial charge is 0.755 e. The van der Waals surface area contributed by atoms with Gasteiger partial charge in [-0.25, -0.2) is 0 Å². The molecule has 0 radical (unpaired) electrons. The van der Waals surface area contributed by atoms with E-state index < -0.39 is 17.2 Å². The van der Waals surface area contributed by atoms with Gasteiger partial charge in [0.2, 0.25) is 0 Å². The molecule has 0 aliphatic heterocycles. The smallest absolute Gasteiger partial charge is 0.255 e. The molecule has 0 fully saturated rings. The monoisotopic (exact) mass is 478 g/mol. The second kappa shape index (κ2) is 10.1. The highest BCUT2D eigenvalue weighted by Gasteiger charge is 2.25. The van der Waals surface area contributed by atoms with Crippen molar-refractivity contribution in [3.05, 3.63) is 101 Å². The highest BCUT2D eigenvalue weighted by molar-refractivity contribution is 7.81. The van der Waals surface area contributed by atoms with Gasteiger partial charge in [-0.1, -0.05) is 73.1 Å². The standard InChI is InChI=1S/C25H22ClN3O3S/c1-2-20(17-9-4-3-5-10-17)28-25(30)23-19(26)13-7-14-21(23)29(33(31)32)22-15-6-11-18-12-8-16-27-24(18)22/h3-16,20H,2H2,1H3,(H,28,30)(H,31,32)/p-1. The van der Waals surface area contributed by atoms with Gasteiger partial charge < -0.3 is 9.87 Å². The number of benzene rings is 3. The lowest BCUT2D eigenvalue weighted by molar-refractivity contribution is 0.0936. The third-order valence-corrected chi connectivity index (χ3v) is 6.34. The lowest BCUT2D eigenvalue weighted by atomic mass is 10.0. The van der Waals surface area contributed by atoms with Crippen LogP contribution in [0.4, 0.5) is 11.4 Å². The first-order chi connectivity index (χ1) is 16.0. The van der Waals surface area contributed by atoms with Gasteiger partial charge in [0.05, 0.1) is 44.8 Å². The number of carbonyl (C=O) groups is 1. The molecular weight excluding hydrogens is 458 g/mol. The number of rotatable bonds is 7. The molecule has 3 aromatic carbocycles. The lowest BCUT2D eigenvalue weighted by Gasteiger charge is -2.29. The quantitative estimate of drug-likeness (QED) is 0.345. The Bertz CT molecular complexity index is 1310. The highest BCUT2D eigenvalue weighted by Crippen LogP contribution is 2.37. The van der Waals surface area contributed by atoms with Gasteiger partial charge in [0.25, 0.3) is 5.91 Å². The summed E-state index contributed by atoms with van der Waals surface area (Å²) in [6.45, 7) is 1.96. The summed E-state index contributed by atoms with van der Waals surface area (Å²) < 4.78 is 26.0. The van der Waals surface area contributed by atoms with E-state index in [9.17, 15) is 13.6 Å². The van der Waals surface area contributed by atoms with E-state index >= 15 is 0 Å². The molecule has 2 unspecified atom stereocenters. The van der Waals surface area contributed by atoms with E-state index in [1.807, 2.05) is 49.4 Å². The lowest BCUT2D eigenvalue weighted by Crippen LogP contribution is -2.31. The van der Waals surface area contributed by atoms with E-state index in [1.165, 1.54) is 0 Å². The number of pyridine rings is 1. The van der Waals surface area contributed by atoms with Crippen molar-refractivity contribution in [2.45, 2.75) is 19.4 Å². The maximum atomic E-state index is 13.4. The highest BCUT2D eigenvalue weighted by atomic mass is 35.5. The molecule has 0 bridgehead atoms. The zero-order chi connectivity index (χ0) is 23.4. The van der Waals surface area contributed by atoms with Crippen molar-refractivity contribution in [2.75, 3.05) is 4.31 Å². The van der Waals surface area contributed by atoms with Crippen molar-refractivity contribution in [1.82, 2.24) is 10.3 Å². The van der Waals surface area contributed by atoms with Gasteiger partial charge in [-0.05, 0) is 36.2 Å². The molecule has 0 spiro atoms. The summed E-state index contributed by atoms with van der Waals surface area (Å²) in [6, 6.07) is 22.9. The fraction of sp³-hybridized carbons (Fsp3) is 0.120. The molecule has 4 aromatic rings. The molecule has 1 N–H and O–H groups in total. The zero-order valence-corrected chi connectivity index (χ0v) is 19.3. The van der Waals surface area contributed by atoms with Crippen LogP contribution in [0.15, 0.2) is 85.1 Å². The van der Waals surface area contributed by atoms with Crippen LogP contribution in [0.1, 0.15) is 35.3 Å². The minimum Gasteiger partial charge on any atom is -0.755 e. The van der Waals surface area contributed by atoms with Gasteiger partial charge >= 0.3 is 0 Å². The number of aromatic nitrogens is 1. The Morgan fingerprint density at radius 3 is 2.45 bits per heavy atom. The van der Waals surface area contributed by atoms with Crippen molar-refractivity contribution >= 4 is 51.1 Å². The summed E-state index contributed by atoms with van der Waals surface area (Å²) in [5, 5.41) is 3.92. The van der Waals surface area contributed by atoms with Crippen molar-refractivity contribution in [2.24, 2.45) is 0 Å². The summed E-state index contributed by atoms with van der Waals surface area (Å²) in [7, 11) is 0. The SMILES string of the molecule is CCC(NC(=O)c1c(Cl)cccc1N(c1cccc2cccnc12)S(=O)[O-])c1ccccc1. The van der Waals surface area contributed by atoms with Crippen LogP contribution in [0.25, 0.3) is 10.9 Å². The minimum absolute atomic E-state index is 0.0747. The molecule has 1 aromatic heterocycles. The molecule has 0 saturated carbocycles. The van der Waals surface area contributed by atoms with Crippen LogP contribution in [0.2, 0.25) is 5.02 Å². The number of nitrogens with zero attached hydrogens (tertiary/aromatic N) is 2. The summed E-state index contributed by atoms with van der Waals surface area (Å²) in [5.41, 5.74) is 1.99. The normalized spacial score (nSPS) is 12.8. The predicted octanol–water partition coefficient (Wildman–Crippen LogP) is 5.70. The van der Waals surface area contributed by atoms with Crippen molar-refractivity contribution in [3.8, 4) is 0 Å². The molecule has 0 aliphatic carbocycles.